The van der Waals surface area contributed by atoms with Crippen LogP contribution in [-0.4, -0.2) is 26.4 Å². The molecule has 0 spiro atoms. The third-order valence-electron chi connectivity index (χ3n) is 4.60. The Balaban J connectivity index is 1.66. The van der Waals surface area contributed by atoms with E-state index < -0.39 is 0 Å². The average molecular weight is 423 g/mol. The van der Waals surface area contributed by atoms with E-state index in [0.29, 0.717) is 17.5 Å². The van der Waals surface area contributed by atoms with Crippen LogP contribution in [-0.2, 0) is 11.3 Å². The van der Waals surface area contributed by atoms with Gasteiger partial charge in [-0.2, -0.15) is 0 Å². The second-order valence-corrected chi connectivity index (χ2v) is 7.89. The summed E-state index contributed by atoms with van der Waals surface area (Å²) in [6, 6.07) is 15.5. The number of nitrogens with zero attached hydrogens (tertiary/aromatic N) is 3. The first kappa shape index (κ1) is 21.6. The minimum absolute atomic E-state index is 0.0912. The van der Waals surface area contributed by atoms with E-state index in [2.05, 4.69) is 22.1 Å². The van der Waals surface area contributed by atoms with E-state index in [1.54, 1.807) is 6.08 Å². The van der Waals surface area contributed by atoms with E-state index in [1.807, 2.05) is 73.9 Å². The number of rotatable bonds is 9. The number of carbonyl (C=O) groups is 1. The monoisotopic (exact) mass is 422 g/mol. The van der Waals surface area contributed by atoms with E-state index in [1.165, 1.54) is 17.3 Å². The number of ether oxygens (including phenoxy) is 1. The number of aromatic nitrogens is 3. The van der Waals surface area contributed by atoms with Gasteiger partial charge >= 0.3 is 0 Å². The summed E-state index contributed by atoms with van der Waals surface area (Å²) in [6.45, 7) is 10.4. The van der Waals surface area contributed by atoms with Crippen LogP contribution in [0, 0.1) is 13.8 Å². The van der Waals surface area contributed by atoms with Gasteiger partial charge in [-0.05, 0) is 56.2 Å². The molecular formula is C23H26N4O2S. The molecular weight excluding hydrogens is 396 g/mol. The molecule has 0 aliphatic carbocycles. The molecule has 0 saturated carbocycles. The first-order valence-electron chi connectivity index (χ1n) is 9.73. The summed E-state index contributed by atoms with van der Waals surface area (Å²) in [7, 11) is 0. The van der Waals surface area contributed by atoms with Gasteiger partial charge in [-0.15, -0.1) is 16.8 Å². The molecule has 1 amide bonds. The minimum atomic E-state index is -0.293. The van der Waals surface area contributed by atoms with Crippen molar-refractivity contribution in [1.82, 2.24) is 14.8 Å². The topological polar surface area (TPSA) is 69.0 Å². The highest BCUT2D eigenvalue weighted by Crippen LogP contribution is 2.25. The second kappa shape index (κ2) is 10.1. The maximum Gasteiger partial charge on any atom is 0.234 e. The molecule has 3 aromatic rings. The highest BCUT2D eigenvalue weighted by Gasteiger charge is 2.19. The molecule has 7 heteroatoms. The Morgan fingerprint density at radius 2 is 1.97 bits per heavy atom. The third kappa shape index (κ3) is 5.51. The van der Waals surface area contributed by atoms with Gasteiger partial charge < -0.3 is 10.1 Å². The smallest absolute Gasteiger partial charge is 0.234 e. The number of anilines is 1. The first-order chi connectivity index (χ1) is 14.5. The van der Waals surface area contributed by atoms with Crippen LogP contribution in [0.15, 0.2) is 66.3 Å². The largest absolute Gasteiger partial charge is 0.483 e. The molecule has 6 nitrogen and oxygen atoms in total. The van der Waals surface area contributed by atoms with Crippen molar-refractivity contribution in [3.05, 3.63) is 78.1 Å². The molecule has 2 aromatic carbocycles. The van der Waals surface area contributed by atoms with Crippen LogP contribution < -0.4 is 10.1 Å². The molecule has 30 heavy (non-hydrogen) atoms. The zero-order valence-corrected chi connectivity index (χ0v) is 18.3. The number of para-hydroxylation sites is 1. The quantitative estimate of drug-likeness (QED) is 0.390. The minimum Gasteiger partial charge on any atom is -0.483 e. The fraction of sp³-hybridized carbons (Fsp3) is 0.261. The van der Waals surface area contributed by atoms with Crippen LogP contribution in [0.4, 0.5) is 5.69 Å². The summed E-state index contributed by atoms with van der Waals surface area (Å²) < 4.78 is 7.91. The number of thioether (sulfide) groups is 1. The van der Waals surface area contributed by atoms with Crippen molar-refractivity contribution in [2.75, 3.05) is 11.1 Å². The summed E-state index contributed by atoms with van der Waals surface area (Å²) in [5.41, 5.74) is 3.13. The van der Waals surface area contributed by atoms with Gasteiger partial charge in [0.1, 0.15) is 5.75 Å². The third-order valence-corrected chi connectivity index (χ3v) is 5.57. The van der Waals surface area contributed by atoms with Crippen LogP contribution in [0.3, 0.4) is 0 Å². The maximum atomic E-state index is 12.4. The van der Waals surface area contributed by atoms with Crippen molar-refractivity contribution >= 4 is 23.4 Å². The van der Waals surface area contributed by atoms with Crippen LogP contribution in [0.25, 0.3) is 0 Å². The van der Waals surface area contributed by atoms with Gasteiger partial charge in [0.2, 0.25) is 5.91 Å². The predicted octanol–water partition coefficient (Wildman–Crippen LogP) is 4.95. The fourth-order valence-electron chi connectivity index (χ4n) is 2.91. The van der Waals surface area contributed by atoms with Crippen LogP contribution >= 0.6 is 11.8 Å². The zero-order valence-electron chi connectivity index (χ0n) is 17.5. The number of carbonyl (C=O) groups excluding carboxylic acids is 1. The summed E-state index contributed by atoms with van der Waals surface area (Å²) in [4.78, 5) is 12.4. The molecule has 1 atom stereocenters. The van der Waals surface area contributed by atoms with E-state index in [4.69, 9.17) is 4.74 Å². The standard InChI is InChI=1S/C23H26N4O2S/c1-5-13-27-22(18(4)29-20-9-7-6-8-10-20)25-26-23(27)30-15-21(28)24-19-12-11-16(2)17(3)14-19/h5-12,14,18H,1,13,15H2,2-4H3,(H,24,28). The van der Waals surface area contributed by atoms with E-state index >= 15 is 0 Å². The Hall–Kier alpha value is -3.06. The van der Waals surface area contributed by atoms with Gasteiger partial charge in [-0.3, -0.25) is 9.36 Å². The summed E-state index contributed by atoms with van der Waals surface area (Å²) in [5, 5.41) is 12.2. The lowest BCUT2D eigenvalue weighted by Gasteiger charge is -2.15. The number of hydrogen-bond donors (Lipinski definition) is 1. The number of nitrogens with one attached hydrogen (secondary N) is 1. The van der Waals surface area contributed by atoms with Gasteiger partial charge in [0, 0.05) is 12.2 Å². The van der Waals surface area contributed by atoms with E-state index in [-0.39, 0.29) is 17.8 Å². The lowest BCUT2D eigenvalue weighted by Crippen LogP contribution is -2.15. The van der Waals surface area contributed by atoms with Gasteiger partial charge in [0.15, 0.2) is 17.1 Å². The molecule has 1 unspecified atom stereocenters. The summed E-state index contributed by atoms with van der Waals surface area (Å²) >= 11 is 1.34. The Labute approximate surface area is 181 Å². The van der Waals surface area contributed by atoms with Crippen molar-refractivity contribution in [1.29, 1.82) is 0 Å². The van der Waals surface area contributed by atoms with Crippen molar-refractivity contribution in [2.24, 2.45) is 0 Å². The van der Waals surface area contributed by atoms with E-state index in [0.717, 1.165) is 17.0 Å². The van der Waals surface area contributed by atoms with Crippen molar-refractivity contribution in [3.8, 4) is 5.75 Å². The van der Waals surface area contributed by atoms with Crippen molar-refractivity contribution < 1.29 is 9.53 Å². The van der Waals surface area contributed by atoms with Gasteiger partial charge in [0.05, 0.1) is 5.75 Å². The molecule has 0 aliphatic heterocycles. The molecule has 0 fully saturated rings. The second-order valence-electron chi connectivity index (χ2n) is 6.95. The number of aryl methyl sites for hydroxylation is 2. The van der Waals surface area contributed by atoms with Gasteiger partial charge in [0.25, 0.3) is 0 Å². The van der Waals surface area contributed by atoms with Crippen LogP contribution in [0.5, 0.6) is 5.75 Å². The molecule has 1 N–H and O–H groups in total. The fourth-order valence-corrected chi connectivity index (χ4v) is 3.67. The highest BCUT2D eigenvalue weighted by atomic mass is 32.2. The van der Waals surface area contributed by atoms with E-state index in [9.17, 15) is 4.79 Å². The molecule has 0 aliphatic rings. The van der Waals surface area contributed by atoms with Crippen molar-refractivity contribution in [3.63, 3.8) is 0 Å². The highest BCUT2D eigenvalue weighted by molar-refractivity contribution is 7.99. The zero-order chi connectivity index (χ0) is 21.5. The Morgan fingerprint density at radius 1 is 1.20 bits per heavy atom. The molecule has 1 heterocycles. The van der Waals surface area contributed by atoms with Crippen LogP contribution in [0.1, 0.15) is 30.0 Å². The normalized spacial score (nSPS) is 11.7. The lowest BCUT2D eigenvalue weighted by atomic mass is 10.1. The predicted molar refractivity (Wildman–Crippen MR) is 121 cm³/mol. The molecule has 0 bridgehead atoms. The maximum absolute atomic E-state index is 12.4. The van der Waals surface area contributed by atoms with Gasteiger partial charge in [-0.25, -0.2) is 0 Å². The first-order valence-corrected chi connectivity index (χ1v) is 10.7. The number of benzene rings is 2. The average Bonchev–Trinajstić information content (AvgIpc) is 3.13. The van der Waals surface area contributed by atoms with Crippen LogP contribution in [0.2, 0.25) is 0 Å². The molecule has 0 saturated heterocycles. The summed E-state index contributed by atoms with van der Waals surface area (Å²) in [6.07, 6.45) is 1.49. The van der Waals surface area contributed by atoms with Gasteiger partial charge in [-0.1, -0.05) is 42.1 Å². The Kier molecular flexibility index (Phi) is 7.30. The molecule has 0 radical (unpaired) electrons. The molecule has 156 valence electrons. The number of hydrogen-bond acceptors (Lipinski definition) is 5. The Morgan fingerprint density at radius 3 is 2.67 bits per heavy atom. The lowest BCUT2D eigenvalue weighted by molar-refractivity contribution is -0.113. The van der Waals surface area contributed by atoms with Crippen molar-refractivity contribution in [2.45, 2.75) is 38.6 Å². The Bertz CT molecular complexity index is 1020. The number of allylic oxidation sites excluding steroid dienone is 1. The SMILES string of the molecule is C=CCn1c(SCC(=O)Nc2ccc(C)c(C)c2)nnc1C(C)Oc1ccccc1. The molecule has 1 aromatic heterocycles. The number of amides is 1. The summed E-state index contributed by atoms with van der Waals surface area (Å²) in [5.74, 6) is 1.60. The molecule has 3 rings (SSSR count).